The third-order valence-corrected chi connectivity index (χ3v) is 6.80. The van der Waals surface area contributed by atoms with Gasteiger partial charge in [-0.1, -0.05) is 0 Å². The second-order valence-electron chi connectivity index (χ2n) is 8.86. The lowest BCUT2D eigenvalue weighted by Gasteiger charge is -2.28. The van der Waals surface area contributed by atoms with E-state index >= 15 is 0 Å². The highest BCUT2D eigenvalue weighted by molar-refractivity contribution is 5.62. The summed E-state index contributed by atoms with van der Waals surface area (Å²) in [6.45, 7) is 1.96. The topological polar surface area (TPSA) is 136 Å². The van der Waals surface area contributed by atoms with Gasteiger partial charge in [-0.2, -0.15) is 5.26 Å². The molecule has 2 aromatic carbocycles. The molecule has 0 radical (unpaired) electrons. The van der Waals surface area contributed by atoms with Crippen LogP contribution in [0.1, 0.15) is 28.3 Å². The zero-order chi connectivity index (χ0) is 29.1. The van der Waals surface area contributed by atoms with Gasteiger partial charge in [0.25, 0.3) is 5.56 Å². The molecule has 1 aromatic heterocycles. The number of rotatable bonds is 9. The highest BCUT2D eigenvalue weighted by Crippen LogP contribution is 2.47. The highest BCUT2D eigenvalue weighted by Gasteiger charge is 2.37. The van der Waals surface area contributed by atoms with E-state index in [0.717, 1.165) is 5.56 Å². The molecule has 0 fully saturated rings. The molecule has 210 valence electrons. The molecule has 1 atom stereocenters. The predicted octanol–water partition coefficient (Wildman–Crippen LogP) is 3.47. The Morgan fingerprint density at radius 2 is 1.43 bits per heavy atom. The zero-order valence-corrected chi connectivity index (χ0v) is 23.4. The molecule has 1 aliphatic rings. The average molecular weight is 550 g/mol. The molecular formula is C29H31N3O8. The summed E-state index contributed by atoms with van der Waals surface area (Å²) < 4.78 is 40.4. The summed E-state index contributed by atoms with van der Waals surface area (Å²) in [5.41, 5.74) is 7.96. The fraction of sp³-hybridized carbons (Fsp3) is 0.310. The first kappa shape index (κ1) is 28.0. The molecule has 2 heterocycles. The number of pyridine rings is 1. The summed E-state index contributed by atoms with van der Waals surface area (Å²) in [6.07, 6.45) is 0. The first-order valence-corrected chi connectivity index (χ1v) is 12.2. The zero-order valence-electron chi connectivity index (χ0n) is 23.4. The summed E-state index contributed by atoms with van der Waals surface area (Å²) in [4.78, 5) is 14.2. The van der Waals surface area contributed by atoms with Gasteiger partial charge in [0.05, 0.1) is 60.7 Å². The van der Waals surface area contributed by atoms with Gasteiger partial charge in [-0.15, -0.1) is 0 Å². The van der Waals surface area contributed by atoms with Crippen molar-refractivity contribution in [3.8, 4) is 46.3 Å². The molecule has 0 saturated carbocycles. The van der Waals surface area contributed by atoms with Gasteiger partial charge in [-0.25, -0.2) is 0 Å². The lowest BCUT2D eigenvalue weighted by atomic mass is 9.83. The van der Waals surface area contributed by atoms with Crippen LogP contribution in [0.5, 0.6) is 40.2 Å². The Morgan fingerprint density at radius 3 is 1.95 bits per heavy atom. The Bertz CT molecular complexity index is 1560. The number of allylic oxidation sites excluding steroid dienone is 1. The Kier molecular flexibility index (Phi) is 8.00. The van der Waals surface area contributed by atoms with E-state index in [1.54, 1.807) is 41.8 Å². The lowest BCUT2D eigenvalue weighted by Crippen LogP contribution is -2.33. The van der Waals surface area contributed by atoms with Crippen molar-refractivity contribution in [2.75, 3.05) is 42.7 Å². The smallest absolute Gasteiger partial charge is 0.259 e. The number of fused-ring (bicyclic) bond motifs is 1. The molecule has 11 nitrogen and oxygen atoms in total. The number of nitrogens with zero attached hydrogens (tertiary/aromatic N) is 2. The molecule has 40 heavy (non-hydrogen) atoms. The van der Waals surface area contributed by atoms with E-state index < -0.39 is 5.92 Å². The molecule has 11 heteroatoms. The first-order chi connectivity index (χ1) is 19.3. The van der Waals surface area contributed by atoms with E-state index in [2.05, 4.69) is 6.07 Å². The van der Waals surface area contributed by atoms with Crippen molar-refractivity contribution < 1.29 is 33.2 Å². The van der Waals surface area contributed by atoms with E-state index in [-0.39, 0.29) is 34.9 Å². The van der Waals surface area contributed by atoms with Crippen LogP contribution in [0.4, 0.5) is 0 Å². The van der Waals surface area contributed by atoms with Crippen molar-refractivity contribution >= 4 is 0 Å². The van der Waals surface area contributed by atoms with E-state index in [1.165, 1.54) is 42.7 Å². The second-order valence-corrected chi connectivity index (χ2v) is 8.86. The fourth-order valence-corrected chi connectivity index (χ4v) is 4.88. The molecule has 4 rings (SSSR count). The fourth-order valence-electron chi connectivity index (χ4n) is 4.88. The van der Waals surface area contributed by atoms with Crippen LogP contribution in [0.25, 0.3) is 0 Å². The number of methoxy groups -OCH3 is 6. The number of nitriles is 1. The SMILES string of the molecule is COc1cc(OC)c(C2C(C#N)=C(N)Oc3cc(C)n(Cc4cc(OC)c(OC)c(OC)c4)c(=O)c32)cc1OC. The van der Waals surface area contributed by atoms with Crippen LogP contribution in [0.3, 0.4) is 0 Å². The third-order valence-electron chi connectivity index (χ3n) is 6.80. The summed E-state index contributed by atoms with van der Waals surface area (Å²) in [7, 11) is 9.06. The van der Waals surface area contributed by atoms with Crippen molar-refractivity contribution in [1.29, 1.82) is 5.26 Å². The summed E-state index contributed by atoms with van der Waals surface area (Å²) in [5.74, 6) is 1.81. The standard InChI is InChI=1S/C29H31N3O8/c1-15-8-22-26(29(33)32(15)14-16-9-23(37-5)27(39-7)24(10-16)38-6)25(18(13-30)28(31)40-22)17-11-20(35-3)21(36-4)12-19(17)34-2/h8-12,25H,14,31H2,1-7H3. The minimum Gasteiger partial charge on any atom is -0.496 e. The Balaban J connectivity index is 1.96. The van der Waals surface area contributed by atoms with Gasteiger partial charge in [0.15, 0.2) is 23.0 Å². The van der Waals surface area contributed by atoms with Crippen LogP contribution in [0.2, 0.25) is 0 Å². The summed E-state index contributed by atoms with van der Waals surface area (Å²) in [5, 5.41) is 10.1. The maximum atomic E-state index is 14.2. The normalized spacial score (nSPS) is 14.0. The van der Waals surface area contributed by atoms with Crippen LogP contribution in [0.15, 0.2) is 46.6 Å². The lowest BCUT2D eigenvalue weighted by molar-refractivity contribution is 0.323. The molecule has 1 unspecified atom stereocenters. The molecule has 3 aromatic rings. The molecule has 0 spiro atoms. The van der Waals surface area contributed by atoms with Crippen molar-refractivity contribution in [2.24, 2.45) is 5.73 Å². The third kappa shape index (κ3) is 4.68. The Labute approximate surface area is 231 Å². The Hall–Kier alpha value is -4.98. The maximum Gasteiger partial charge on any atom is 0.259 e. The van der Waals surface area contributed by atoms with E-state index in [4.69, 9.17) is 38.9 Å². The van der Waals surface area contributed by atoms with Gasteiger partial charge >= 0.3 is 0 Å². The van der Waals surface area contributed by atoms with Crippen LogP contribution >= 0.6 is 0 Å². The number of benzene rings is 2. The average Bonchev–Trinajstić information content (AvgIpc) is 2.97. The van der Waals surface area contributed by atoms with Crippen molar-refractivity contribution in [3.63, 3.8) is 0 Å². The number of aryl methyl sites for hydroxylation is 1. The van der Waals surface area contributed by atoms with Gasteiger partial charge < -0.3 is 43.5 Å². The quantitative estimate of drug-likeness (QED) is 0.422. The number of ether oxygens (including phenoxy) is 7. The van der Waals surface area contributed by atoms with E-state index in [9.17, 15) is 10.1 Å². The molecule has 0 amide bonds. The molecule has 2 N–H and O–H groups in total. The summed E-state index contributed by atoms with van der Waals surface area (Å²) >= 11 is 0. The molecule has 0 bridgehead atoms. The first-order valence-electron chi connectivity index (χ1n) is 12.2. The monoisotopic (exact) mass is 549 g/mol. The molecular weight excluding hydrogens is 518 g/mol. The molecule has 0 saturated heterocycles. The van der Waals surface area contributed by atoms with Gasteiger partial charge in [0.1, 0.15) is 23.1 Å². The molecule has 0 aliphatic carbocycles. The van der Waals surface area contributed by atoms with Gasteiger partial charge in [0.2, 0.25) is 11.6 Å². The predicted molar refractivity (Wildman–Crippen MR) is 146 cm³/mol. The number of hydrogen-bond acceptors (Lipinski definition) is 10. The van der Waals surface area contributed by atoms with Crippen LogP contribution < -0.4 is 44.5 Å². The number of aromatic nitrogens is 1. The van der Waals surface area contributed by atoms with Gasteiger partial charge in [-0.05, 0) is 30.7 Å². The van der Waals surface area contributed by atoms with Gasteiger partial charge in [0, 0.05) is 23.4 Å². The maximum absolute atomic E-state index is 14.2. The van der Waals surface area contributed by atoms with Gasteiger partial charge in [-0.3, -0.25) is 4.79 Å². The molecule has 1 aliphatic heterocycles. The van der Waals surface area contributed by atoms with Crippen molar-refractivity contribution in [3.05, 3.63) is 74.5 Å². The van der Waals surface area contributed by atoms with Crippen LogP contribution in [0, 0.1) is 18.3 Å². The Morgan fingerprint density at radius 1 is 0.850 bits per heavy atom. The minimum atomic E-state index is -0.900. The van der Waals surface area contributed by atoms with Crippen LogP contribution in [-0.4, -0.2) is 47.2 Å². The summed E-state index contributed by atoms with van der Waals surface area (Å²) in [6, 6.07) is 10.7. The van der Waals surface area contributed by atoms with Crippen molar-refractivity contribution in [2.45, 2.75) is 19.4 Å². The second kappa shape index (κ2) is 11.4. The van der Waals surface area contributed by atoms with E-state index in [0.29, 0.717) is 45.8 Å². The largest absolute Gasteiger partial charge is 0.496 e. The van der Waals surface area contributed by atoms with E-state index in [1.807, 2.05) is 0 Å². The number of hydrogen-bond donors (Lipinski definition) is 1. The number of nitrogens with two attached hydrogens (primary N) is 1. The van der Waals surface area contributed by atoms with Crippen molar-refractivity contribution in [1.82, 2.24) is 4.57 Å². The van der Waals surface area contributed by atoms with Crippen LogP contribution in [-0.2, 0) is 6.54 Å². The highest BCUT2D eigenvalue weighted by atomic mass is 16.5. The minimum absolute atomic E-state index is 0.0679.